The van der Waals surface area contributed by atoms with E-state index in [0.717, 1.165) is 6.54 Å². The lowest BCUT2D eigenvalue weighted by Gasteiger charge is -2.21. The van der Waals surface area contributed by atoms with E-state index in [1.807, 2.05) is 18.7 Å². The van der Waals surface area contributed by atoms with Gasteiger partial charge in [0.15, 0.2) is 0 Å². The third kappa shape index (κ3) is 4.36. The first-order valence-electron chi connectivity index (χ1n) is 4.73. The summed E-state index contributed by atoms with van der Waals surface area (Å²) in [5.41, 5.74) is 0. The summed E-state index contributed by atoms with van der Waals surface area (Å²) >= 11 is 5.23. The molecule has 1 saturated heterocycles. The Morgan fingerprint density at radius 1 is 1.69 bits per heavy atom. The Kier molecular flexibility index (Phi) is 5.17. The van der Waals surface area contributed by atoms with Crippen molar-refractivity contribution in [2.75, 3.05) is 12.3 Å². The smallest absolute Gasteiger partial charge is 0.233 e. The second-order valence-electron chi connectivity index (χ2n) is 3.35. The molecule has 0 saturated carbocycles. The van der Waals surface area contributed by atoms with Crippen LogP contribution in [0, 0.1) is 0 Å². The highest BCUT2D eigenvalue weighted by molar-refractivity contribution is 9.10. The van der Waals surface area contributed by atoms with Crippen LogP contribution in [0.15, 0.2) is 0 Å². The van der Waals surface area contributed by atoms with E-state index in [1.165, 1.54) is 25.0 Å². The van der Waals surface area contributed by atoms with Crippen molar-refractivity contribution in [1.82, 2.24) is 5.32 Å². The van der Waals surface area contributed by atoms with Gasteiger partial charge in [0.05, 0.1) is 4.83 Å². The van der Waals surface area contributed by atoms with Gasteiger partial charge in [-0.25, -0.2) is 0 Å². The summed E-state index contributed by atoms with van der Waals surface area (Å²) in [7, 11) is 0. The van der Waals surface area contributed by atoms with E-state index in [0.29, 0.717) is 5.25 Å². The molecule has 1 aliphatic rings. The molecule has 0 aliphatic carbocycles. The number of rotatable bonds is 3. The van der Waals surface area contributed by atoms with Crippen molar-refractivity contribution in [3.63, 3.8) is 0 Å². The number of hydrogen-bond donors (Lipinski definition) is 1. The molecule has 0 aromatic heterocycles. The predicted molar refractivity (Wildman–Crippen MR) is 61.5 cm³/mol. The van der Waals surface area contributed by atoms with Gasteiger partial charge in [-0.1, -0.05) is 22.4 Å². The van der Waals surface area contributed by atoms with E-state index in [-0.39, 0.29) is 10.7 Å². The van der Waals surface area contributed by atoms with Gasteiger partial charge in [-0.15, -0.1) is 0 Å². The van der Waals surface area contributed by atoms with Crippen LogP contribution in [0.1, 0.15) is 26.2 Å². The van der Waals surface area contributed by atoms with E-state index >= 15 is 0 Å². The van der Waals surface area contributed by atoms with Crippen LogP contribution in [-0.4, -0.2) is 28.3 Å². The van der Waals surface area contributed by atoms with Crippen molar-refractivity contribution in [3.05, 3.63) is 0 Å². The maximum absolute atomic E-state index is 11.2. The molecular weight excluding hydrogens is 250 g/mol. The van der Waals surface area contributed by atoms with Crippen LogP contribution in [0.4, 0.5) is 0 Å². The quantitative estimate of drug-likeness (QED) is 0.793. The Hall–Kier alpha value is 0.300. The molecular formula is C9H16BrNOS. The summed E-state index contributed by atoms with van der Waals surface area (Å²) in [6.45, 7) is 2.68. The molecule has 76 valence electrons. The summed E-state index contributed by atoms with van der Waals surface area (Å²) in [4.78, 5) is 11.1. The molecule has 0 spiro atoms. The van der Waals surface area contributed by atoms with Crippen molar-refractivity contribution in [2.45, 2.75) is 36.3 Å². The van der Waals surface area contributed by atoms with Crippen molar-refractivity contribution in [3.8, 4) is 0 Å². The van der Waals surface area contributed by atoms with Crippen LogP contribution in [0.5, 0.6) is 0 Å². The lowest BCUT2D eigenvalue weighted by Crippen LogP contribution is -2.35. The van der Waals surface area contributed by atoms with Crippen LogP contribution in [-0.2, 0) is 4.79 Å². The second kappa shape index (κ2) is 5.91. The Labute approximate surface area is 92.4 Å². The first-order valence-corrected chi connectivity index (χ1v) is 6.70. The lowest BCUT2D eigenvalue weighted by molar-refractivity contribution is -0.120. The number of halogens is 1. The van der Waals surface area contributed by atoms with Gasteiger partial charge in [0.2, 0.25) is 5.91 Å². The van der Waals surface area contributed by atoms with E-state index in [2.05, 4.69) is 21.2 Å². The summed E-state index contributed by atoms with van der Waals surface area (Å²) in [6.07, 6.45) is 3.91. The van der Waals surface area contributed by atoms with E-state index in [9.17, 15) is 4.79 Å². The molecule has 0 bridgehead atoms. The van der Waals surface area contributed by atoms with Gasteiger partial charge >= 0.3 is 0 Å². The van der Waals surface area contributed by atoms with Crippen molar-refractivity contribution >= 4 is 33.6 Å². The molecule has 0 aromatic rings. The van der Waals surface area contributed by atoms with Gasteiger partial charge in [-0.05, 0) is 25.5 Å². The fourth-order valence-corrected chi connectivity index (χ4v) is 2.72. The Balaban J connectivity index is 2.13. The molecule has 13 heavy (non-hydrogen) atoms. The second-order valence-corrected chi connectivity index (χ2v) is 6.13. The molecule has 1 fully saturated rings. The minimum Gasteiger partial charge on any atom is -0.354 e. The largest absolute Gasteiger partial charge is 0.354 e. The molecule has 2 unspecified atom stereocenters. The lowest BCUT2D eigenvalue weighted by atomic mass is 10.2. The first-order chi connectivity index (χ1) is 6.20. The maximum atomic E-state index is 11.2. The van der Waals surface area contributed by atoms with E-state index < -0.39 is 0 Å². The normalized spacial score (nSPS) is 25.2. The Morgan fingerprint density at radius 3 is 3.00 bits per heavy atom. The fourth-order valence-electron chi connectivity index (χ4n) is 1.32. The first kappa shape index (κ1) is 11.4. The highest BCUT2D eigenvalue weighted by Crippen LogP contribution is 2.24. The maximum Gasteiger partial charge on any atom is 0.233 e. The molecule has 2 atom stereocenters. The number of amides is 1. The van der Waals surface area contributed by atoms with Gasteiger partial charge in [-0.3, -0.25) is 4.79 Å². The zero-order valence-electron chi connectivity index (χ0n) is 7.88. The van der Waals surface area contributed by atoms with Crippen LogP contribution in [0.2, 0.25) is 0 Å². The van der Waals surface area contributed by atoms with Gasteiger partial charge in [0.25, 0.3) is 0 Å². The molecule has 1 N–H and O–H groups in total. The Bertz CT molecular complexity index is 169. The highest BCUT2D eigenvalue weighted by Gasteiger charge is 2.15. The number of thioether (sulfide) groups is 1. The van der Waals surface area contributed by atoms with Crippen LogP contribution in [0.3, 0.4) is 0 Å². The summed E-state index contributed by atoms with van der Waals surface area (Å²) < 4.78 is 0. The fraction of sp³-hybridized carbons (Fsp3) is 0.889. The molecule has 1 aliphatic heterocycles. The van der Waals surface area contributed by atoms with E-state index in [4.69, 9.17) is 0 Å². The predicted octanol–water partition coefficient (Wildman–Crippen LogP) is 2.17. The van der Waals surface area contributed by atoms with Gasteiger partial charge in [0, 0.05) is 11.8 Å². The standard InChI is InChI=1S/C9H16BrNOS/c1-7(10)9(12)11-6-8-4-2-3-5-13-8/h7-8H,2-6H2,1H3,(H,11,12). The Morgan fingerprint density at radius 2 is 2.46 bits per heavy atom. The average Bonchev–Trinajstić information content (AvgIpc) is 2.15. The van der Waals surface area contributed by atoms with Crippen molar-refractivity contribution < 1.29 is 4.79 Å². The molecule has 2 nitrogen and oxygen atoms in total. The molecule has 1 rings (SSSR count). The highest BCUT2D eigenvalue weighted by atomic mass is 79.9. The molecule has 4 heteroatoms. The average molecular weight is 266 g/mol. The number of carbonyl (C=O) groups is 1. The minimum atomic E-state index is -0.0684. The molecule has 1 amide bonds. The number of alkyl halides is 1. The summed E-state index contributed by atoms with van der Waals surface area (Å²) in [6, 6.07) is 0. The number of carbonyl (C=O) groups excluding carboxylic acids is 1. The summed E-state index contributed by atoms with van der Waals surface area (Å²) in [5, 5.41) is 3.59. The topological polar surface area (TPSA) is 29.1 Å². The SMILES string of the molecule is CC(Br)C(=O)NCC1CCCCS1. The van der Waals surface area contributed by atoms with Gasteiger partial charge < -0.3 is 5.32 Å². The zero-order valence-corrected chi connectivity index (χ0v) is 10.3. The molecule has 1 heterocycles. The number of nitrogens with one attached hydrogen (secondary N) is 1. The minimum absolute atomic E-state index is 0.0684. The van der Waals surface area contributed by atoms with E-state index in [1.54, 1.807) is 0 Å². The third-order valence-electron chi connectivity index (χ3n) is 2.14. The third-order valence-corrected chi connectivity index (χ3v) is 3.95. The summed E-state index contributed by atoms with van der Waals surface area (Å²) in [5.74, 6) is 1.36. The van der Waals surface area contributed by atoms with Crippen LogP contribution in [0.25, 0.3) is 0 Å². The monoisotopic (exact) mass is 265 g/mol. The van der Waals surface area contributed by atoms with Gasteiger partial charge in [0.1, 0.15) is 0 Å². The van der Waals surface area contributed by atoms with Crippen molar-refractivity contribution in [2.24, 2.45) is 0 Å². The van der Waals surface area contributed by atoms with Crippen molar-refractivity contribution in [1.29, 1.82) is 0 Å². The van der Waals surface area contributed by atoms with Gasteiger partial charge in [-0.2, -0.15) is 11.8 Å². The molecule has 0 aromatic carbocycles. The number of hydrogen-bond acceptors (Lipinski definition) is 2. The van der Waals surface area contributed by atoms with Crippen LogP contribution >= 0.6 is 27.7 Å². The zero-order chi connectivity index (χ0) is 9.68. The molecule has 0 radical (unpaired) electrons. The van der Waals surface area contributed by atoms with Crippen LogP contribution < -0.4 is 5.32 Å².